The van der Waals surface area contributed by atoms with Crippen molar-refractivity contribution in [3.8, 4) is 0 Å². The molecule has 116 valence electrons. The fraction of sp³-hybridized carbons (Fsp3) is 0.923. The SMILES string of the molecule is CS(=O)(=O)CCN1CCC(C(=O)N2CCOCC2)CC1. The van der Waals surface area contributed by atoms with Crippen molar-refractivity contribution in [1.82, 2.24) is 9.80 Å². The number of piperidine rings is 1. The maximum atomic E-state index is 12.3. The van der Waals surface area contributed by atoms with Crippen LogP contribution in [0.2, 0.25) is 0 Å². The molecule has 0 saturated carbocycles. The lowest BCUT2D eigenvalue weighted by Crippen LogP contribution is -2.47. The van der Waals surface area contributed by atoms with E-state index in [9.17, 15) is 13.2 Å². The number of likely N-dealkylation sites (tertiary alicyclic amines) is 1. The lowest BCUT2D eigenvalue weighted by atomic mass is 9.95. The van der Waals surface area contributed by atoms with Crippen molar-refractivity contribution >= 4 is 15.7 Å². The first-order valence-electron chi connectivity index (χ1n) is 7.22. The van der Waals surface area contributed by atoms with Gasteiger partial charge in [0, 0.05) is 31.8 Å². The molecule has 0 bridgehead atoms. The van der Waals surface area contributed by atoms with Crippen molar-refractivity contribution in [3.63, 3.8) is 0 Å². The molecular formula is C13H24N2O4S. The average Bonchev–Trinajstić information content (AvgIpc) is 2.45. The number of ether oxygens (including phenoxy) is 1. The number of nitrogens with zero attached hydrogens (tertiary/aromatic N) is 2. The second-order valence-electron chi connectivity index (χ2n) is 5.68. The van der Waals surface area contributed by atoms with E-state index in [0.717, 1.165) is 25.9 Å². The van der Waals surface area contributed by atoms with Crippen molar-refractivity contribution in [2.45, 2.75) is 12.8 Å². The van der Waals surface area contributed by atoms with Gasteiger partial charge in [0.2, 0.25) is 5.91 Å². The summed E-state index contributed by atoms with van der Waals surface area (Å²) in [5.74, 6) is 0.549. The Hall–Kier alpha value is -0.660. The van der Waals surface area contributed by atoms with E-state index >= 15 is 0 Å². The molecule has 0 N–H and O–H groups in total. The molecule has 0 unspecified atom stereocenters. The van der Waals surface area contributed by atoms with Crippen molar-refractivity contribution in [3.05, 3.63) is 0 Å². The summed E-state index contributed by atoms with van der Waals surface area (Å²) in [6.07, 6.45) is 2.93. The first kappa shape index (κ1) is 15.7. The van der Waals surface area contributed by atoms with Crippen LogP contribution >= 0.6 is 0 Å². The van der Waals surface area contributed by atoms with Gasteiger partial charge in [-0.15, -0.1) is 0 Å². The lowest BCUT2D eigenvalue weighted by molar-refractivity contribution is -0.141. The molecule has 2 saturated heterocycles. The number of rotatable bonds is 4. The number of carbonyl (C=O) groups is 1. The van der Waals surface area contributed by atoms with Crippen LogP contribution in [-0.2, 0) is 19.4 Å². The van der Waals surface area contributed by atoms with Crippen LogP contribution in [0, 0.1) is 5.92 Å². The van der Waals surface area contributed by atoms with Gasteiger partial charge in [0.1, 0.15) is 9.84 Å². The monoisotopic (exact) mass is 304 g/mol. The van der Waals surface area contributed by atoms with Gasteiger partial charge in [-0.2, -0.15) is 0 Å². The second kappa shape index (κ2) is 6.87. The highest BCUT2D eigenvalue weighted by Crippen LogP contribution is 2.20. The maximum absolute atomic E-state index is 12.3. The Labute approximate surface area is 121 Å². The standard InChI is InChI=1S/C13H24N2O4S/c1-20(17,18)11-8-14-4-2-12(3-5-14)13(16)15-6-9-19-10-7-15/h12H,2-11H2,1H3. The summed E-state index contributed by atoms with van der Waals surface area (Å²) >= 11 is 0. The van der Waals surface area contributed by atoms with Crippen LogP contribution in [0.4, 0.5) is 0 Å². The summed E-state index contributed by atoms with van der Waals surface area (Å²) in [5.41, 5.74) is 0. The maximum Gasteiger partial charge on any atom is 0.225 e. The minimum absolute atomic E-state index is 0.0996. The quantitative estimate of drug-likeness (QED) is 0.707. The Morgan fingerprint density at radius 1 is 1.15 bits per heavy atom. The number of amides is 1. The van der Waals surface area contributed by atoms with Crippen molar-refractivity contribution in [2.24, 2.45) is 5.92 Å². The van der Waals surface area contributed by atoms with Crippen molar-refractivity contribution in [1.29, 1.82) is 0 Å². The molecule has 2 heterocycles. The number of carbonyl (C=O) groups excluding carboxylic acids is 1. The molecule has 0 aromatic heterocycles. The summed E-state index contributed by atoms with van der Waals surface area (Å²) in [6, 6.07) is 0. The molecule has 0 radical (unpaired) electrons. The zero-order chi connectivity index (χ0) is 14.6. The fourth-order valence-corrected chi connectivity index (χ4v) is 3.33. The molecule has 2 fully saturated rings. The van der Waals surface area contributed by atoms with Crippen LogP contribution in [0.1, 0.15) is 12.8 Å². The van der Waals surface area contributed by atoms with E-state index in [2.05, 4.69) is 4.90 Å². The number of hydrogen-bond acceptors (Lipinski definition) is 5. The van der Waals surface area contributed by atoms with E-state index < -0.39 is 9.84 Å². The van der Waals surface area contributed by atoms with Gasteiger partial charge in [0.25, 0.3) is 0 Å². The molecule has 0 aromatic carbocycles. The molecule has 0 spiro atoms. The minimum Gasteiger partial charge on any atom is -0.378 e. The minimum atomic E-state index is -2.90. The Bertz CT molecular complexity index is 424. The third-order valence-corrected chi connectivity index (χ3v) is 4.96. The van der Waals surface area contributed by atoms with Crippen LogP contribution in [0.5, 0.6) is 0 Å². The number of sulfone groups is 1. The molecule has 2 rings (SSSR count). The number of morpholine rings is 1. The van der Waals surface area contributed by atoms with Crippen LogP contribution in [0.3, 0.4) is 0 Å². The van der Waals surface area contributed by atoms with Gasteiger partial charge in [0.05, 0.1) is 19.0 Å². The molecule has 2 aliphatic rings. The largest absolute Gasteiger partial charge is 0.378 e. The normalized spacial score (nSPS) is 22.9. The van der Waals surface area contributed by atoms with Crippen LogP contribution < -0.4 is 0 Å². The molecular weight excluding hydrogens is 280 g/mol. The molecule has 7 heteroatoms. The van der Waals surface area contributed by atoms with E-state index in [1.165, 1.54) is 6.26 Å². The van der Waals surface area contributed by atoms with E-state index in [4.69, 9.17) is 4.74 Å². The van der Waals surface area contributed by atoms with Crippen molar-refractivity contribution in [2.75, 3.05) is 57.9 Å². The van der Waals surface area contributed by atoms with E-state index in [-0.39, 0.29) is 17.6 Å². The van der Waals surface area contributed by atoms with Crippen LogP contribution in [0.25, 0.3) is 0 Å². The van der Waals surface area contributed by atoms with E-state index in [0.29, 0.717) is 32.8 Å². The predicted molar refractivity (Wildman–Crippen MR) is 76.3 cm³/mol. The van der Waals surface area contributed by atoms with Gasteiger partial charge in [-0.25, -0.2) is 8.42 Å². The van der Waals surface area contributed by atoms with Gasteiger partial charge in [-0.3, -0.25) is 4.79 Å². The summed E-state index contributed by atoms with van der Waals surface area (Å²) in [6.45, 7) is 4.89. The zero-order valence-electron chi connectivity index (χ0n) is 12.1. The highest BCUT2D eigenvalue weighted by atomic mass is 32.2. The summed E-state index contributed by atoms with van der Waals surface area (Å²) in [7, 11) is -2.90. The Kier molecular flexibility index (Phi) is 5.40. The molecule has 0 atom stereocenters. The van der Waals surface area contributed by atoms with Gasteiger partial charge in [-0.05, 0) is 25.9 Å². The molecule has 0 aromatic rings. The second-order valence-corrected chi connectivity index (χ2v) is 7.94. The van der Waals surface area contributed by atoms with Gasteiger partial charge in [0.15, 0.2) is 0 Å². The van der Waals surface area contributed by atoms with Crippen LogP contribution in [-0.4, -0.2) is 82.1 Å². The molecule has 1 amide bonds. The lowest BCUT2D eigenvalue weighted by Gasteiger charge is -2.35. The first-order chi connectivity index (χ1) is 9.46. The highest BCUT2D eigenvalue weighted by Gasteiger charge is 2.29. The summed E-state index contributed by atoms with van der Waals surface area (Å²) < 4.78 is 27.6. The third-order valence-electron chi connectivity index (χ3n) is 4.04. The predicted octanol–water partition coefficient (Wildman–Crippen LogP) is -0.398. The van der Waals surface area contributed by atoms with Gasteiger partial charge in [-0.1, -0.05) is 0 Å². The van der Waals surface area contributed by atoms with Gasteiger partial charge < -0.3 is 14.5 Å². The van der Waals surface area contributed by atoms with Crippen LogP contribution in [0.15, 0.2) is 0 Å². The molecule has 0 aliphatic carbocycles. The Morgan fingerprint density at radius 2 is 1.75 bits per heavy atom. The van der Waals surface area contributed by atoms with E-state index in [1.54, 1.807) is 0 Å². The van der Waals surface area contributed by atoms with E-state index in [1.807, 2.05) is 4.90 Å². The molecule has 20 heavy (non-hydrogen) atoms. The average molecular weight is 304 g/mol. The first-order valence-corrected chi connectivity index (χ1v) is 9.28. The smallest absolute Gasteiger partial charge is 0.225 e. The number of hydrogen-bond donors (Lipinski definition) is 0. The van der Waals surface area contributed by atoms with Crippen molar-refractivity contribution < 1.29 is 17.9 Å². The third kappa shape index (κ3) is 4.71. The Balaban J connectivity index is 1.74. The zero-order valence-corrected chi connectivity index (χ0v) is 12.9. The molecule has 6 nitrogen and oxygen atoms in total. The summed E-state index contributed by atoms with van der Waals surface area (Å²) in [4.78, 5) is 16.4. The van der Waals surface area contributed by atoms with Gasteiger partial charge >= 0.3 is 0 Å². The topological polar surface area (TPSA) is 66.9 Å². The fourth-order valence-electron chi connectivity index (χ4n) is 2.74. The highest BCUT2D eigenvalue weighted by molar-refractivity contribution is 7.90. The molecule has 2 aliphatic heterocycles. The Morgan fingerprint density at radius 3 is 2.30 bits per heavy atom. The summed E-state index contributed by atoms with van der Waals surface area (Å²) in [5, 5.41) is 0.